The van der Waals surface area contributed by atoms with Crippen molar-refractivity contribution in [2.75, 3.05) is 0 Å². The molecular formula is C7H10BrClN-. The van der Waals surface area contributed by atoms with E-state index in [1.807, 2.05) is 18.3 Å². The first kappa shape index (κ1) is 12.6. The summed E-state index contributed by atoms with van der Waals surface area (Å²) in [5, 5.41) is 0. The van der Waals surface area contributed by atoms with E-state index >= 15 is 0 Å². The maximum atomic E-state index is 3.12. The molecule has 0 aliphatic heterocycles. The van der Waals surface area contributed by atoms with E-state index in [1.54, 1.807) is 0 Å². The summed E-state index contributed by atoms with van der Waals surface area (Å²) in [4.78, 5) is 3.12. The Morgan fingerprint density at radius 2 is 2.10 bits per heavy atom. The molecule has 1 aromatic heterocycles. The third kappa shape index (κ3) is 3.85. The maximum absolute atomic E-state index is 3.12. The average molecular weight is 224 g/mol. The molecule has 0 spiro atoms. The highest BCUT2D eigenvalue weighted by Gasteiger charge is 1.89. The van der Waals surface area contributed by atoms with Crippen LogP contribution in [-0.2, 0) is 6.42 Å². The molecule has 1 heterocycles. The first-order chi connectivity index (χ1) is 3.93. The first-order valence-electron chi connectivity index (χ1n) is 2.89. The number of H-pyrrole nitrogens is 1. The zero-order valence-electron chi connectivity index (χ0n) is 5.77. The highest BCUT2D eigenvalue weighted by atomic mass is 79.9. The molecule has 0 bridgehead atoms. The number of pyridine rings is 1. The lowest BCUT2D eigenvalue weighted by Crippen LogP contribution is -3.00. The van der Waals surface area contributed by atoms with Gasteiger partial charge in [0.05, 0.1) is 0 Å². The van der Waals surface area contributed by atoms with Crippen LogP contribution >= 0.6 is 0 Å². The highest BCUT2D eigenvalue weighted by molar-refractivity contribution is 4.95. The van der Waals surface area contributed by atoms with Gasteiger partial charge in [0.15, 0.2) is 11.9 Å². The Balaban J connectivity index is 0. The summed E-state index contributed by atoms with van der Waals surface area (Å²) >= 11 is 0. The molecule has 1 aromatic rings. The molecule has 0 aliphatic carbocycles. The van der Waals surface area contributed by atoms with Gasteiger partial charge >= 0.3 is 0 Å². The number of aromatic amines is 1. The second-order valence-corrected chi connectivity index (χ2v) is 1.74. The standard InChI is InChI=1S/C7H9N.BrH.ClH/c1-2-7-5-3-4-6-8-7;;/h3-6H,2H2,1H3;2*1H/p-1. The van der Waals surface area contributed by atoms with Gasteiger partial charge in [-0.3, -0.25) is 0 Å². The molecule has 1 rings (SSSR count). The number of halogens is 2. The zero-order valence-corrected chi connectivity index (χ0v) is 8.11. The predicted octanol–water partition coefficient (Wildman–Crippen LogP) is -4.93. The van der Waals surface area contributed by atoms with Crippen LogP contribution in [0.25, 0.3) is 0 Å². The summed E-state index contributed by atoms with van der Waals surface area (Å²) in [7, 11) is 0. The van der Waals surface area contributed by atoms with E-state index < -0.39 is 0 Å². The van der Waals surface area contributed by atoms with Crippen LogP contribution < -0.4 is 34.4 Å². The molecule has 0 aromatic carbocycles. The van der Waals surface area contributed by atoms with Crippen molar-refractivity contribution >= 4 is 0 Å². The Hall–Kier alpha value is -0.0800. The number of nitrogens with one attached hydrogen (secondary N) is 1. The molecule has 1 nitrogen and oxygen atoms in total. The van der Waals surface area contributed by atoms with Gasteiger partial charge in [-0.1, -0.05) is 13.0 Å². The summed E-state index contributed by atoms with van der Waals surface area (Å²) < 4.78 is 0. The largest absolute Gasteiger partial charge is 1.00 e. The van der Waals surface area contributed by atoms with Gasteiger partial charge in [-0.2, -0.15) is 0 Å². The summed E-state index contributed by atoms with van der Waals surface area (Å²) in [6.07, 6.45) is 3.03. The Morgan fingerprint density at radius 3 is 2.40 bits per heavy atom. The second kappa shape index (κ2) is 7.03. The van der Waals surface area contributed by atoms with Crippen molar-refractivity contribution in [3.05, 3.63) is 30.1 Å². The molecule has 0 amide bonds. The molecule has 3 heteroatoms. The molecule has 0 unspecified atom stereocenters. The number of hydrogen-bond acceptors (Lipinski definition) is 0. The van der Waals surface area contributed by atoms with E-state index in [1.165, 1.54) is 5.69 Å². The van der Waals surface area contributed by atoms with E-state index in [4.69, 9.17) is 0 Å². The van der Waals surface area contributed by atoms with Crippen LogP contribution in [0.2, 0.25) is 0 Å². The van der Waals surface area contributed by atoms with E-state index in [9.17, 15) is 0 Å². The fourth-order valence-electron chi connectivity index (χ4n) is 0.650. The lowest BCUT2D eigenvalue weighted by Gasteiger charge is -1.81. The number of hydrogen-bond donors (Lipinski definition) is 0. The van der Waals surface area contributed by atoms with Crippen molar-refractivity contribution in [1.29, 1.82) is 0 Å². The molecular weight excluding hydrogens is 213 g/mol. The third-order valence-corrected chi connectivity index (χ3v) is 1.15. The fourth-order valence-corrected chi connectivity index (χ4v) is 0.650. The molecule has 58 valence electrons. The van der Waals surface area contributed by atoms with E-state index in [0.717, 1.165) is 6.42 Å². The van der Waals surface area contributed by atoms with Gasteiger partial charge in [0.25, 0.3) is 0 Å². The lowest BCUT2D eigenvalue weighted by molar-refractivity contribution is -0.389. The van der Waals surface area contributed by atoms with Crippen LogP contribution in [-0.4, -0.2) is 0 Å². The molecule has 1 N–H and O–H groups in total. The summed E-state index contributed by atoms with van der Waals surface area (Å²) in [5.74, 6) is 0. The average Bonchev–Trinajstić information content (AvgIpc) is 1.90. The Labute approximate surface area is 78.0 Å². The van der Waals surface area contributed by atoms with Crippen molar-refractivity contribution in [3.8, 4) is 0 Å². The molecule has 0 fully saturated rings. The topological polar surface area (TPSA) is 14.1 Å². The molecule has 0 saturated heterocycles. The lowest BCUT2D eigenvalue weighted by atomic mass is 10.3. The van der Waals surface area contributed by atoms with Crippen molar-refractivity contribution in [1.82, 2.24) is 0 Å². The fraction of sp³-hybridized carbons (Fsp3) is 0.286. The van der Waals surface area contributed by atoms with Crippen molar-refractivity contribution in [2.45, 2.75) is 13.3 Å². The van der Waals surface area contributed by atoms with Crippen LogP contribution in [0.3, 0.4) is 0 Å². The van der Waals surface area contributed by atoms with Crippen LogP contribution in [0.1, 0.15) is 12.6 Å². The van der Waals surface area contributed by atoms with E-state index in [2.05, 4.69) is 18.0 Å². The molecule has 0 atom stereocenters. The van der Waals surface area contributed by atoms with Crippen LogP contribution in [0.5, 0.6) is 0 Å². The summed E-state index contributed by atoms with van der Waals surface area (Å²) in [5.41, 5.74) is 1.28. The van der Waals surface area contributed by atoms with Gasteiger partial charge in [0.1, 0.15) is 0 Å². The minimum absolute atomic E-state index is 0. The van der Waals surface area contributed by atoms with Gasteiger partial charge in [-0.15, -0.1) is 0 Å². The van der Waals surface area contributed by atoms with Gasteiger partial charge in [0.2, 0.25) is 0 Å². The van der Waals surface area contributed by atoms with Crippen molar-refractivity contribution in [3.63, 3.8) is 0 Å². The molecule has 10 heavy (non-hydrogen) atoms. The quantitative estimate of drug-likeness (QED) is 0.453. The van der Waals surface area contributed by atoms with Gasteiger partial charge in [0, 0.05) is 18.6 Å². The smallest absolute Gasteiger partial charge is 0.179 e. The van der Waals surface area contributed by atoms with Gasteiger partial charge in [-0.25, -0.2) is 4.98 Å². The van der Waals surface area contributed by atoms with E-state index in [0.29, 0.717) is 0 Å². The van der Waals surface area contributed by atoms with E-state index in [-0.39, 0.29) is 29.4 Å². The summed E-state index contributed by atoms with van der Waals surface area (Å²) in [6, 6.07) is 6.11. The third-order valence-electron chi connectivity index (χ3n) is 1.15. The normalized spacial score (nSPS) is 7.30. The highest BCUT2D eigenvalue weighted by Crippen LogP contribution is 1.86. The first-order valence-corrected chi connectivity index (χ1v) is 2.89. The number of rotatable bonds is 1. The number of aromatic nitrogens is 1. The SMILES string of the molecule is CCc1cccc[nH+]1.[Br-].[Cl-]. The van der Waals surface area contributed by atoms with Crippen molar-refractivity contribution < 1.29 is 34.4 Å². The summed E-state index contributed by atoms with van der Waals surface area (Å²) in [6.45, 7) is 2.13. The molecule has 0 aliphatic rings. The Kier molecular flexibility index (Phi) is 8.85. The second-order valence-electron chi connectivity index (χ2n) is 1.74. The zero-order chi connectivity index (χ0) is 5.82. The maximum Gasteiger partial charge on any atom is 0.179 e. The Bertz CT molecular complexity index is 155. The minimum atomic E-state index is 0. The number of aryl methyl sites for hydroxylation is 1. The predicted molar refractivity (Wildman–Crippen MR) is 32.4 cm³/mol. The minimum Gasteiger partial charge on any atom is -1.00 e. The van der Waals surface area contributed by atoms with Crippen molar-refractivity contribution in [2.24, 2.45) is 0 Å². The monoisotopic (exact) mass is 222 g/mol. The molecule has 0 radical (unpaired) electrons. The van der Waals surface area contributed by atoms with Crippen LogP contribution in [0.4, 0.5) is 0 Å². The Morgan fingerprint density at radius 1 is 1.40 bits per heavy atom. The van der Waals surface area contributed by atoms with Crippen LogP contribution in [0, 0.1) is 0 Å². The van der Waals surface area contributed by atoms with Gasteiger partial charge in [-0.05, 0) is 0 Å². The van der Waals surface area contributed by atoms with Gasteiger partial charge < -0.3 is 29.4 Å². The van der Waals surface area contributed by atoms with Crippen LogP contribution in [0.15, 0.2) is 24.4 Å². The molecule has 0 saturated carbocycles.